The topological polar surface area (TPSA) is 95.0 Å². The molecular formula is C24H32N4O4S2. The van der Waals surface area contributed by atoms with Gasteiger partial charge in [-0.3, -0.25) is 14.5 Å². The number of ether oxygens (including phenoxy) is 1. The molecule has 1 aliphatic rings. The number of anilines is 1. The zero-order valence-electron chi connectivity index (χ0n) is 19.6. The number of sulfonamides is 1. The molecule has 2 aromatic carbocycles. The number of aromatic nitrogens is 1. The Morgan fingerprint density at radius 1 is 1.09 bits per heavy atom. The molecular weight excluding hydrogens is 472 g/mol. The van der Waals surface area contributed by atoms with Crippen molar-refractivity contribution in [2.24, 2.45) is 0 Å². The summed E-state index contributed by atoms with van der Waals surface area (Å²) in [6, 6.07) is 13.1. The van der Waals surface area contributed by atoms with Crippen LogP contribution in [0.25, 0.3) is 10.2 Å². The van der Waals surface area contributed by atoms with Gasteiger partial charge in [0.25, 0.3) is 0 Å². The molecule has 2 N–H and O–H groups in total. The van der Waals surface area contributed by atoms with E-state index in [1.165, 1.54) is 0 Å². The van der Waals surface area contributed by atoms with E-state index >= 15 is 0 Å². The van der Waals surface area contributed by atoms with E-state index in [1.807, 2.05) is 44.2 Å². The third kappa shape index (κ3) is 7.13. The lowest BCUT2D eigenvalue weighted by molar-refractivity contribution is 0.0472. The van der Waals surface area contributed by atoms with Gasteiger partial charge >= 0.3 is 0 Å². The average molecular weight is 505 g/mol. The highest BCUT2D eigenvalue weighted by atomic mass is 32.2. The van der Waals surface area contributed by atoms with Crippen molar-refractivity contribution >= 4 is 37.3 Å². The number of hydrogen-bond donors (Lipinski definition) is 2. The van der Waals surface area contributed by atoms with Gasteiger partial charge in [0.2, 0.25) is 10.0 Å². The predicted octanol–water partition coefficient (Wildman–Crippen LogP) is 2.71. The number of aliphatic hydroxyl groups is 1. The van der Waals surface area contributed by atoms with E-state index < -0.39 is 16.1 Å². The van der Waals surface area contributed by atoms with Crippen LogP contribution in [-0.4, -0.2) is 86.0 Å². The summed E-state index contributed by atoms with van der Waals surface area (Å²) in [5.41, 5.74) is 2.60. The smallest absolute Gasteiger partial charge is 0.233 e. The van der Waals surface area contributed by atoms with Crippen LogP contribution in [0.1, 0.15) is 10.6 Å². The molecule has 0 aliphatic carbocycles. The number of aryl methyl sites for hydroxylation is 2. The molecule has 4 rings (SSSR count). The first-order valence-electron chi connectivity index (χ1n) is 11.5. The predicted molar refractivity (Wildman–Crippen MR) is 137 cm³/mol. The Balaban J connectivity index is 1.15. The van der Waals surface area contributed by atoms with Crippen LogP contribution in [0.5, 0.6) is 5.75 Å². The number of nitrogens with zero attached hydrogens (tertiary/aromatic N) is 3. The first kappa shape index (κ1) is 24.9. The number of benzene rings is 2. The van der Waals surface area contributed by atoms with Crippen LogP contribution < -0.4 is 9.46 Å². The van der Waals surface area contributed by atoms with Gasteiger partial charge in [-0.1, -0.05) is 17.7 Å². The highest BCUT2D eigenvalue weighted by Gasteiger charge is 2.21. The minimum Gasteiger partial charge on any atom is -0.491 e. The largest absolute Gasteiger partial charge is 0.491 e. The van der Waals surface area contributed by atoms with E-state index in [9.17, 15) is 13.5 Å². The van der Waals surface area contributed by atoms with Crippen LogP contribution in [0, 0.1) is 13.8 Å². The lowest BCUT2D eigenvalue weighted by atomic mass is 10.2. The van der Waals surface area contributed by atoms with E-state index in [1.54, 1.807) is 23.5 Å². The van der Waals surface area contributed by atoms with Crippen LogP contribution in [0.2, 0.25) is 0 Å². The Kier molecular flexibility index (Phi) is 8.05. The van der Waals surface area contributed by atoms with E-state index in [2.05, 4.69) is 19.5 Å². The van der Waals surface area contributed by atoms with Crippen molar-refractivity contribution in [2.75, 3.05) is 56.4 Å². The molecule has 1 saturated heterocycles. The molecule has 34 heavy (non-hydrogen) atoms. The summed E-state index contributed by atoms with van der Waals surface area (Å²) in [5, 5.41) is 11.5. The molecule has 0 spiro atoms. The highest BCUT2D eigenvalue weighted by Crippen LogP contribution is 2.25. The van der Waals surface area contributed by atoms with Gasteiger partial charge in [-0.2, -0.15) is 0 Å². The molecule has 1 fully saturated rings. The Hall–Kier alpha value is -2.24. The minimum atomic E-state index is -3.39. The van der Waals surface area contributed by atoms with Crippen molar-refractivity contribution in [3.05, 3.63) is 53.0 Å². The molecule has 0 radical (unpaired) electrons. The lowest BCUT2D eigenvalue weighted by Crippen LogP contribution is -2.50. The third-order valence-electron chi connectivity index (χ3n) is 5.84. The normalized spacial score (nSPS) is 16.6. The number of nitrogens with one attached hydrogen (secondary N) is 1. The summed E-state index contributed by atoms with van der Waals surface area (Å²) in [6.07, 6.45) is -0.599. The first-order chi connectivity index (χ1) is 16.3. The average Bonchev–Trinajstić information content (AvgIpc) is 3.18. The zero-order valence-corrected chi connectivity index (χ0v) is 21.2. The Bertz CT molecular complexity index is 1190. The maximum Gasteiger partial charge on any atom is 0.233 e. The van der Waals surface area contributed by atoms with Crippen molar-refractivity contribution in [2.45, 2.75) is 20.0 Å². The Morgan fingerprint density at radius 2 is 1.79 bits per heavy atom. The summed E-state index contributed by atoms with van der Waals surface area (Å²) in [6.45, 7) is 8.29. The highest BCUT2D eigenvalue weighted by molar-refractivity contribution is 7.92. The Labute approximate surface area is 205 Å². The van der Waals surface area contributed by atoms with E-state index in [-0.39, 0.29) is 12.4 Å². The molecule has 10 heteroatoms. The summed E-state index contributed by atoms with van der Waals surface area (Å²) in [4.78, 5) is 8.82. The summed E-state index contributed by atoms with van der Waals surface area (Å²) in [5.74, 6) is 0.766. The fourth-order valence-electron chi connectivity index (χ4n) is 3.95. The molecule has 184 valence electrons. The number of thiazole rings is 1. The quantitative estimate of drug-likeness (QED) is 0.438. The summed E-state index contributed by atoms with van der Waals surface area (Å²) < 4.78 is 34.4. The maximum atomic E-state index is 12.4. The van der Waals surface area contributed by atoms with Crippen molar-refractivity contribution in [1.82, 2.24) is 14.8 Å². The number of piperazine rings is 1. The molecule has 0 unspecified atom stereocenters. The van der Waals surface area contributed by atoms with Gasteiger partial charge in [0.05, 0.1) is 21.0 Å². The lowest BCUT2D eigenvalue weighted by Gasteiger charge is -2.35. The molecule has 3 aromatic rings. The Morgan fingerprint density at radius 3 is 2.53 bits per heavy atom. The van der Waals surface area contributed by atoms with Gasteiger partial charge in [-0.05, 0) is 38.1 Å². The van der Waals surface area contributed by atoms with Crippen molar-refractivity contribution in [3.63, 3.8) is 0 Å². The van der Waals surface area contributed by atoms with Gasteiger partial charge in [-0.15, -0.1) is 11.3 Å². The third-order valence-corrected chi connectivity index (χ3v) is 8.06. The minimum absolute atomic E-state index is 0.0558. The van der Waals surface area contributed by atoms with E-state index in [4.69, 9.17) is 4.74 Å². The van der Waals surface area contributed by atoms with Gasteiger partial charge in [0.1, 0.15) is 18.5 Å². The van der Waals surface area contributed by atoms with E-state index in [0.717, 1.165) is 47.0 Å². The van der Waals surface area contributed by atoms with Gasteiger partial charge in [0.15, 0.2) is 0 Å². The molecule has 1 aliphatic heterocycles. The van der Waals surface area contributed by atoms with Crippen LogP contribution in [0.3, 0.4) is 0 Å². The second-order valence-corrected chi connectivity index (χ2v) is 11.8. The zero-order chi connectivity index (χ0) is 24.1. The fourth-order valence-corrected chi connectivity index (χ4v) is 5.86. The van der Waals surface area contributed by atoms with Crippen LogP contribution in [0.4, 0.5) is 5.69 Å². The standard InChI is InChI=1S/C24H32N4O4S2/c1-18-3-5-20(6-4-18)26-34(30,31)14-13-27-9-11-28(12-10-27)16-21(29)17-32-22-7-8-24-23(15-22)25-19(2)33-24/h3-8,15,21,26,29H,9-14,16-17H2,1-2H3/t21-/m1/s1. The van der Waals surface area contributed by atoms with Crippen LogP contribution in [0.15, 0.2) is 42.5 Å². The second kappa shape index (κ2) is 11.0. The fraction of sp³-hybridized carbons (Fsp3) is 0.458. The summed E-state index contributed by atoms with van der Waals surface area (Å²) in [7, 11) is -3.39. The SMILES string of the molecule is Cc1ccc(NS(=O)(=O)CCN2CCN(C[C@@H](O)COc3ccc4sc(C)nc4c3)CC2)cc1. The molecule has 2 heterocycles. The number of rotatable bonds is 10. The van der Waals surface area contributed by atoms with Gasteiger partial charge in [-0.25, -0.2) is 13.4 Å². The maximum absolute atomic E-state index is 12.4. The van der Waals surface area contributed by atoms with Crippen LogP contribution in [-0.2, 0) is 10.0 Å². The van der Waals surface area contributed by atoms with Gasteiger partial charge in [0, 0.05) is 51.0 Å². The molecule has 0 bridgehead atoms. The number of aliphatic hydroxyl groups excluding tert-OH is 1. The summed E-state index contributed by atoms with van der Waals surface area (Å²) >= 11 is 1.65. The molecule has 8 nitrogen and oxygen atoms in total. The molecule has 0 saturated carbocycles. The van der Waals surface area contributed by atoms with Gasteiger partial charge < -0.3 is 9.84 Å². The van der Waals surface area contributed by atoms with Crippen molar-refractivity contribution < 1.29 is 18.3 Å². The van der Waals surface area contributed by atoms with Crippen molar-refractivity contribution in [3.8, 4) is 5.75 Å². The van der Waals surface area contributed by atoms with E-state index in [0.29, 0.717) is 24.5 Å². The van der Waals surface area contributed by atoms with Crippen molar-refractivity contribution in [1.29, 1.82) is 0 Å². The second-order valence-electron chi connectivity index (χ2n) is 8.76. The monoisotopic (exact) mass is 504 g/mol. The molecule has 0 amide bonds. The first-order valence-corrected chi connectivity index (χ1v) is 13.9. The molecule has 1 atom stereocenters. The number of fused-ring (bicyclic) bond motifs is 1. The molecule has 1 aromatic heterocycles. The number of β-amino-alcohol motifs (C(OH)–C–C–N with tert-alkyl or cyclic N) is 1. The van der Waals surface area contributed by atoms with Crippen LogP contribution >= 0.6 is 11.3 Å². The number of hydrogen-bond acceptors (Lipinski definition) is 8.